The number of rotatable bonds is 21. The second kappa shape index (κ2) is 35.1. The van der Waals surface area contributed by atoms with E-state index >= 15 is 0 Å². The number of carbonyl (C=O) groups is 3. The minimum atomic E-state index is -4.68. The van der Waals surface area contributed by atoms with E-state index in [-0.39, 0.29) is 100 Å². The van der Waals surface area contributed by atoms with E-state index in [9.17, 15) is 84.1 Å². The quantitative estimate of drug-likeness (QED) is 0.0370. The summed E-state index contributed by atoms with van der Waals surface area (Å²) in [6.07, 6.45) is 13.1. The molecule has 7 aromatic heterocycles. The monoisotopic (exact) mass is 1970 g/mol. The van der Waals surface area contributed by atoms with E-state index in [1.165, 1.54) is 112 Å². The van der Waals surface area contributed by atoms with Gasteiger partial charge >= 0.3 is 6.18 Å². The minimum absolute atomic E-state index is 0.0389. The smallest absolute Gasteiger partial charge is 0.291 e. The first-order valence-corrected chi connectivity index (χ1v) is 50.0. The van der Waals surface area contributed by atoms with E-state index < -0.39 is 153 Å². The summed E-state index contributed by atoms with van der Waals surface area (Å²) in [5, 5.41) is 18.4. The molecule has 706 valence electrons. The summed E-state index contributed by atoms with van der Waals surface area (Å²) >= 11 is 6.67. The van der Waals surface area contributed by atoms with Crippen LogP contribution in [-0.4, -0.2) is 168 Å². The van der Waals surface area contributed by atoms with Gasteiger partial charge in [-0.1, -0.05) is 28.3 Å². The number of nitrogens with zero attached hydrogens (tertiary/aromatic N) is 15. The van der Waals surface area contributed by atoms with Gasteiger partial charge in [-0.3, -0.25) is 29.0 Å². The maximum absolute atomic E-state index is 14.6. The Morgan fingerprint density at radius 1 is 0.441 bits per heavy atom. The number of hydrogen-bond acceptors (Lipinski definition) is 15. The van der Waals surface area contributed by atoms with Crippen molar-refractivity contribution in [1.29, 1.82) is 0 Å². The van der Waals surface area contributed by atoms with Crippen LogP contribution in [0.5, 0.6) is 0 Å². The lowest BCUT2D eigenvalue weighted by Crippen LogP contribution is -2.59. The van der Waals surface area contributed by atoms with Crippen LogP contribution < -0.4 is 0 Å². The average molecular weight is 1970 g/mol. The van der Waals surface area contributed by atoms with Crippen LogP contribution >= 0.6 is 22.9 Å². The molecule has 39 heteroatoms. The number of aromatic nitrogens is 12. The maximum Gasteiger partial charge on any atom is 0.443 e. The molecule has 0 N–H and O–H groups in total. The summed E-state index contributed by atoms with van der Waals surface area (Å²) < 4.78 is 236. The van der Waals surface area contributed by atoms with E-state index in [0.29, 0.717) is 83.2 Å². The first-order chi connectivity index (χ1) is 64.6. The van der Waals surface area contributed by atoms with Gasteiger partial charge in [0.1, 0.15) is 58.3 Å². The zero-order valence-corrected chi connectivity index (χ0v) is 76.5. The molecule has 0 saturated heterocycles. The Hall–Kier alpha value is -11.7. The Bertz CT molecular complexity index is 6910. The number of ketones is 3. The molecule has 0 spiro atoms. The van der Waals surface area contributed by atoms with Gasteiger partial charge in [-0.2, -0.15) is 28.5 Å². The molecule has 0 amide bonds. The fourth-order valence-electron chi connectivity index (χ4n) is 21.0. The standard InChI is InChI=1S/C34H29ClF4N4O2S.C34H29F5N4O2S.C29H27F4N7O2S2/c1-46(45,29-10-5-25(37)6-11-29)43(28-18-34(38,39)19-28)27-7-2-22-14-31-21(20-41-42(31)26-8-3-24(36)4-9-26)16-33(22,17-27)32(44)30-15-23(35)12-13-40-30;1-46(45,29-10-5-24(36)6-11-29)43(28-18-34(38,39)19-28)27-7-2-22-14-31-21(20-41-42(31)26-8-3-23(35)4-9-26)16-33(22,17-27)32(44)30-15-25(37)12-13-40-30;1-38-16-34-27(37-38)44(2,42)40(21-9-10-21)22-6-3-18-11-24-17(14-35-39(24)20-7-4-19(30)5-8-20)12-28(18,13-22)25(41)23-15-43-26(36-23)29(31,32)33/h2*3-6,8-15,20,27-28H,1-2,7,16-19H2;4-5,7-8,11,14-16,21-22H,2-3,6,9-10,12-13H2,1H3/t2*27-,33-,46?;22-,28-,44?/m000/s1. The summed E-state index contributed by atoms with van der Waals surface area (Å²) in [6, 6.07) is 29.8. The molecule has 9 aliphatic rings. The second-order valence-electron chi connectivity index (χ2n) is 36.2. The summed E-state index contributed by atoms with van der Waals surface area (Å²) in [7, 11) is -8.23. The fraction of sp³-hybridized carbons (Fsp3) is 0.320. The van der Waals surface area contributed by atoms with Crippen LogP contribution in [0.2, 0.25) is 5.02 Å². The SMILES string of the molecule is C=S(=O)(c1ccc(F)cc1)N(C1CC(F)(F)C1)[C@H]1CCC2=Cc3c(cnn3-c3ccc(F)cc3)C[C@]2(C(=O)c2cc(Cl)ccn2)C1.C=S(=O)(c1ccc(F)cc1)N(C1CC(F)(F)C1)[C@H]1CCC2=Cc3c(cnn3-c3ccc(F)cc3)C[C@]2(C(=O)c2cc(F)ccn2)C1.C=S(=O)(c1ncn(C)n1)N(C1CC1)[C@H]1CCC2=Cc3c(cnn3-c3ccc(F)cc3)C[C@]2(C(=O)c2csc(C(F)(F)F)n2)C1. The van der Waals surface area contributed by atoms with Crippen molar-refractivity contribution in [1.82, 2.24) is 72.0 Å². The number of benzene rings is 5. The van der Waals surface area contributed by atoms with Gasteiger partial charge < -0.3 is 0 Å². The molecule has 5 aromatic carbocycles. The topological polar surface area (TPSA) is 235 Å². The van der Waals surface area contributed by atoms with Gasteiger partial charge in [-0.05, 0) is 282 Å². The number of carbonyl (C=O) groups excluding carboxylic acids is 3. The molecule has 0 bridgehead atoms. The van der Waals surface area contributed by atoms with Gasteiger partial charge in [-0.25, -0.2) is 93.5 Å². The lowest BCUT2D eigenvalue weighted by atomic mass is 9.60. The molecule has 136 heavy (non-hydrogen) atoms. The highest BCUT2D eigenvalue weighted by Gasteiger charge is 2.60. The Morgan fingerprint density at radius 2 is 0.794 bits per heavy atom. The van der Waals surface area contributed by atoms with Crippen LogP contribution in [-0.2, 0) is 61.6 Å². The van der Waals surface area contributed by atoms with Crippen molar-refractivity contribution >= 4 is 105 Å². The number of allylic oxidation sites excluding steroid dienone is 3. The van der Waals surface area contributed by atoms with Crippen LogP contribution in [0.1, 0.15) is 167 Å². The number of hydrogen-bond donors (Lipinski definition) is 0. The highest BCUT2D eigenvalue weighted by atomic mass is 35.5. The number of alkyl halides is 7. The molecule has 21 nitrogen and oxygen atoms in total. The Kier molecular flexibility index (Phi) is 24.1. The van der Waals surface area contributed by atoms with Gasteiger partial charge in [0.15, 0.2) is 22.4 Å². The molecular weight excluding hydrogens is 1880 g/mol. The van der Waals surface area contributed by atoms with Crippen molar-refractivity contribution in [3.8, 4) is 17.1 Å². The van der Waals surface area contributed by atoms with Crippen molar-refractivity contribution in [3.05, 3.63) is 301 Å². The Morgan fingerprint density at radius 3 is 1.12 bits per heavy atom. The normalized spacial score (nSPS) is 23.4. The van der Waals surface area contributed by atoms with Crippen molar-refractivity contribution in [3.63, 3.8) is 0 Å². The van der Waals surface area contributed by atoms with Gasteiger partial charge in [0.25, 0.3) is 11.8 Å². The van der Waals surface area contributed by atoms with Crippen LogP contribution in [0.15, 0.2) is 220 Å². The van der Waals surface area contributed by atoms with Crippen LogP contribution in [0.25, 0.3) is 35.3 Å². The molecule has 21 rings (SSSR count). The molecule has 3 unspecified atom stereocenters. The third-order valence-corrected chi connectivity index (χ3v) is 35.1. The predicted molar refractivity (Wildman–Crippen MR) is 488 cm³/mol. The molecule has 0 aliphatic heterocycles. The molecule has 9 aliphatic carbocycles. The zero-order chi connectivity index (χ0) is 95.9. The number of pyridine rings is 2. The summed E-state index contributed by atoms with van der Waals surface area (Å²) in [6.45, 7) is 0. The molecule has 7 heterocycles. The highest BCUT2D eigenvalue weighted by Crippen LogP contribution is 2.58. The molecular formula is C97H85ClF13N15O6S4. The minimum Gasteiger partial charge on any atom is -0.291 e. The predicted octanol–water partition coefficient (Wildman–Crippen LogP) is 19.3. The maximum atomic E-state index is 14.6. The van der Waals surface area contributed by atoms with Crippen molar-refractivity contribution in [2.24, 2.45) is 23.3 Å². The van der Waals surface area contributed by atoms with E-state index in [1.807, 2.05) is 22.5 Å². The average Bonchev–Trinajstić information content (AvgIpc) is 1.32. The van der Waals surface area contributed by atoms with E-state index in [0.717, 1.165) is 76.3 Å². The molecule has 12 aromatic rings. The summed E-state index contributed by atoms with van der Waals surface area (Å²) in [5.41, 5.74) is 4.68. The molecule has 6 fully saturated rings. The number of fused-ring (bicyclic) bond motifs is 6. The van der Waals surface area contributed by atoms with Gasteiger partial charge in [0.05, 0.1) is 98.1 Å². The Labute approximate surface area is 782 Å². The zero-order valence-electron chi connectivity index (χ0n) is 72.5. The molecule has 0 radical (unpaired) electrons. The first kappa shape index (κ1) is 93.4. The number of halogens is 14. The van der Waals surface area contributed by atoms with Crippen molar-refractivity contribution in [2.75, 3.05) is 0 Å². The third kappa shape index (κ3) is 17.4. The number of Topliss-reactive ketones (excluding diaryl/α,β-unsaturated/α-hetero) is 3. The number of thiazole rings is 1. The van der Waals surface area contributed by atoms with E-state index in [1.54, 1.807) is 86.5 Å². The van der Waals surface area contributed by atoms with Crippen LogP contribution in [0.4, 0.5) is 57.1 Å². The third-order valence-electron chi connectivity index (χ3n) is 27.4. The van der Waals surface area contributed by atoms with E-state index in [4.69, 9.17) is 11.6 Å². The van der Waals surface area contributed by atoms with Crippen LogP contribution in [0.3, 0.4) is 0 Å². The van der Waals surface area contributed by atoms with Gasteiger partial charge in [0, 0.05) is 108 Å². The van der Waals surface area contributed by atoms with Gasteiger partial charge in [0.2, 0.25) is 5.16 Å². The summed E-state index contributed by atoms with van der Waals surface area (Å²) in [4.78, 5) is 60.5. The molecule has 6 saturated carbocycles. The van der Waals surface area contributed by atoms with Crippen LogP contribution in [0, 0.1) is 51.1 Å². The van der Waals surface area contributed by atoms with Crippen molar-refractivity contribution < 1.29 is 84.1 Å². The number of aryl methyl sites for hydroxylation is 1. The largest absolute Gasteiger partial charge is 0.443 e. The van der Waals surface area contributed by atoms with Crippen molar-refractivity contribution in [2.45, 2.75) is 185 Å². The highest BCUT2D eigenvalue weighted by molar-refractivity contribution is 7.98. The Balaban J connectivity index is 0.000000131. The second-order valence-corrected chi connectivity index (χ2v) is 43.9. The molecule has 9 atom stereocenters. The van der Waals surface area contributed by atoms with Gasteiger partial charge in [-0.15, -0.1) is 16.4 Å². The summed E-state index contributed by atoms with van der Waals surface area (Å²) in [5.74, 6) is 2.15. The fourth-order valence-corrected chi connectivity index (χ4v) is 28.0. The first-order valence-electron chi connectivity index (χ1n) is 43.7. The lowest BCUT2D eigenvalue weighted by molar-refractivity contribution is -0.137. The lowest BCUT2D eigenvalue weighted by Gasteiger charge is -2.52. The van der Waals surface area contributed by atoms with E-state index in [2.05, 4.69) is 57.9 Å².